The molecule has 0 saturated heterocycles. The van der Waals surface area contributed by atoms with E-state index >= 15 is 0 Å². The molecule has 0 atom stereocenters. The van der Waals surface area contributed by atoms with Crippen LogP contribution in [-0.2, 0) is 4.79 Å². The maximum Gasteiger partial charge on any atom is 0.296 e. The fourth-order valence-corrected chi connectivity index (χ4v) is 1.98. The molecule has 0 aliphatic heterocycles. The third-order valence-corrected chi connectivity index (χ3v) is 3.19. The number of ether oxygens (including phenoxy) is 1. The Morgan fingerprint density at radius 2 is 1.91 bits per heavy atom. The number of nitrogens with one attached hydrogen (secondary N) is 1. The lowest BCUT2D eigenvalue weighted by Gasteiger charge is -2.08. The van der Waals surface area contributed by atoms with Crippen LogP contribution in [0.1, 0.15) is 12.5 Å². The number of nitro groups is 1. The largest absolute Gasteiger partial charge is 0.496 e. The number of hydrogen-bond acceptors (Lipinski definition) is 4. The van der Waals surface area contributed by atoms with Crippen molar-refractivity contribution in [2.45, 2.75) is 6.92 Å². The number of benzene rings is 2. The van der Waals surface area contributed by atoms with Crippen molar-refractivity contribution in [3.05, 3.63) is 69.8 Å². The summed E-state index contributed by atoms with van der Waals surface area (Å²) in [6.07, 6.45) is 1.71. The predicted molar refractivity (Wildman–Crippen MR) is 88.4 cm³/mol. The summed E-state index contributed by atoms with van der Waals surface area (Å²) in [5, 5.41) is 13.7. The molecule has 0 heterocycles. The van der Waals surface area contributed by atoms with Crippen molar-refractivity contribution in [2.24, 2.45) is 0 Å². The molecule has 0 aromatic heterocycles. The molecule has 0 aliphatic carbocycles. The number of nitro benzene ring substituents is 1. The predicted octanol–water partition coefficient (Wildman–Crippen LogP) is 3.65. The maximum atomic E-state index is 12.2. The van der Waals surface area contributed by atoms with Gasteiger partial charge in [-0.2, -0.15) is 0 Å². The molecule has 1 amide bonds. The van der Waals surface area contributed by atoms with Crippen LogP contribution in [0.25, 0.3) is 6.08 Å². The molecule has 1 N–H and O–H groups in total. The monoisotopic (exact) mass is 312 g/mol. The van der Waals surface area contributed by atoms with E-state index < -0.39 is 10.8 Å². The minimum Gasteiger partial charge on any atom is -0.496 e. The van der Waals surface area contributed by atoms with E-state index in [4.69, 9.17) is 4.74 Å². The van der Waals surface area contributed by atoms with Crippen molar-refractivity contribution in [1.29, 1.82) is 0 Å². The Morgan fingerprint density at radius 1 is 1.22 bits per heavy atom. The van der Waals surface area contributed by atoms with Crippen molar-refractivity contribution in [3.63, 3.8) is 0 Å². The van der Waals surface area contributed by atoms with Gasteiger partial charge >= 0.3 is 0 Å². The highest BCUT2D eigenvalue weighted by Crippen LogP contribution is 2.29. The first-order valence-corrected chi connectivity index (χ1v) is 6.88. The third-order valence-electron chi connectivity index (χ3n) is 3.19. The molecule has 23 heavy (non-hydrogen) atoms. The molecule has 0 radical (unpaired) electrons. The highest BCUT2D eigenvalue weighted by Gasteiger charge is 2.17. The minimum atomic E-state index is -0.561. The van der Waals surface area contributed by atoms with Crippen molar-refractivity contribution >= 4 is 23.4 Å². The number of carbonyl (C=O) groups is 1. The van der Waals surface area contributed by atoms with E-state index in [1.807, 2.05) is 30.3 Å². The molecular formula is C17H16N2O4. The van der Waals surface area contributed by atoms with Crippen molar-refractivity contribution in [3.8, 4) is 5.75 Å². The Morgan fingerprint density at radius 3 is 2.52 bits per heavy atom. The summed E-state index contributed by atoms with van der Waals surface area (Å²) in [5.74, 6) is -0.0478. The van der Waals surface area contributed by atoms with Gasteiger partial charge in [0.25, 0.3) is 11.6 Å². The zero-order valence-corrected chi connectivity index (χ0v) is 12.8. The average molecular weight is 312 g/mol. The second-order valence-corrected chi connectivity index (χ2v) is 4.83. The second kappa shape index (κ2) is 7.22. The van der Waals surface area contributed by atoms with E-state index in [2.05, 4.69) is 5.32 Å². The fourth-order valence-electron chi connectivity index (χ4n) is 1.98. The molecule has 0 saturated carbocycles. The first-order valence-electron chi connectivity index (χ1n) is 6.88. The van der Waals surface area contributed by atoms with E-state index in [0.29, 0.717) is 11.3 Å². The lowest BCUT2D eigenvalue weighted by molar-refractivity contribution is -0.384. The smallest absolute Gasteiger partial charge is 0.296 e. The minimum absolute atomic E-state index is 0.126. The van der Waals surface area contributed by atoms with Gasteiger partial charge < -0.3 is 10.1 Å². The lowest BCUT2D eigenvalue weighted by Crippen LogP contribution is -2.13. The van der Waals surface area contributed by atoms with Gasteiger partial charge in [-0.05, 0) is 30.7 Å². The summed E-state index contributed by atoms with van der Waals surface area (Å²) < 4.78 is 4.96. The summed E-state index contributed by atoms with van der Waals surface area (Å²) in [6, 6.07) is 13.6. The number of nitrogens with zero attached hydrogens (tertiary/aromatic N) is 1. The molecule has 0 spiro atoms. The van der Waals surface area contributed by atoms with E-state index in [9.17, 15) is 14.9 Å². The third kappa shape index (κ3) is 4.16. The Hall–Kier alpha value is -3.15. The van der Waals surface area contributed by atoms with Gasteiger partial charge in [-0.1, -0.05) is 30.3 Å². The van der Waals surface area contributed by atoms with Crippen LogP contribution in [-0.4, -0.2) is 17.9 Å². The Balaban J connectivity index is 2.23. The first-order chi connectivity index (χ1) is 11.0. The standard InChI is InChI=1S/C17H16N2O4/c1-12(10-13-6-4-3-5-7-13)17(20)18-15-9-8-14(23-2)11-16(15)19(21)22/h3-11H,1-2H3,(H,18,20). The highest BCUT2D eigenvalue weighted by molar-refractivity contribution is 6.07. The van der Waals surface area contributed by atoms with Crippen molar-refractivity contribution in [1.82, 2.24) is 0 Å². The second-order valence-electron chi connectivity index (χ2n) is 4.83. The number of anilines is 1. The first kappa shape index (κ1) is 16.2. The normalized spacial score (nSPS) is 11.0. The fraction of sp³-hybridized carbons (Fsp3) is 0.118. The van der Waals surface area contributed by atoms with Gasteiger partial charge in [-0.25, -0.2) is 0 Å². The number of hydrogen-bond donors (Lipinski definition) is 1. The van der Waals surface area contributed by atoms with Gasteiger partial charge in [-0.3, -0.25) is 14.9 Å². The van der Waals surface area contributed by atoms with E-state index in [1.165, 1.54) is 19.2 Å². The van der Waals surface area contributed by atoms with Crippen molar-refractivity contribution < 1.29 is 14.5 Å². The van der Waals surface area contributed by atoms with Crippen LogP contribution in [0, 0.1) is 10.1 Å². The maximum absolute atomic E-state index is 12.2. The van der Waals surface area contributed by atoms with Gasteiger partial charge in [0.15, 0.2) is 0 Å². The Bertz CT molecular complexity index is 754. The van der Waals surface area contributed by atoms with Gasteiger partial charge in [0.1, 0.15) is 11.4 Å². The molecule has 0 bridgehead atoms. The molecule has 6 heteroatoms. The van der Waals surface area contributed by atoms with Crippen LogP contribution in [0.4, 0.5) is 11.4 Å². The summed E-state index contributed by atoms with van der Waals surface area (Å²) in [7, 11) is 1.42. The van der Waals surface area contributed by atoms with Gasteiger partial charge in [0.05, 0.1) is 18.1 Å². The van der Waals surface area contributed by atoms with Crippen LogP contribution >= 0.6 is 0 Å². The highest BCUT2D eigenvalue weighted by atomic mass is 16.6. The number of methoxy groups -OCH3 is 1. The molecular weight excluding hydrogens is 296 g/mol. The Labute approximate surface area is 133 Å². The van der Waals surface area contributed by atoms with Crippen LogP contribution in [0.15, 0.2) is 54.1 Å². The van der Waals surface area contributed by atoms with E-state index in [-0.39, 0.29) is 11.4 Å². The SMILES string of the molecule is COc1ccc(NC(=O)C(C)=Cc2ccccc2)c([N+](=O)[O-])c1. The molecule has 6 nitrogen and oxygen atoms in total. The number of carbonyl (C=O) groups excluding carboxylic acids is 1. The summed E-state index contributed by atoms with van der Waals surface area (Å²) >= 11 is 0. The average Bonchev–Trinajstić information content (AvgIpc) is 2.55. The topological polar surface area (TPSA) is 81.5 Å². The quantitative estimate of drug-likeness (QED) is 0.519. The molecule has 2 aromatic rings. The van der Waals surface area contributed by atoms with Gasteiger partial charge in [0, 0.05) is 5.57 Å². The van der Waals surface area contributed by atoms with E-state index in [0.717, 1.165) is 5.56 Å². The molecule has 0 aliphatic rings. The van der Waals surface area contributed by atoms with Crippen molar-refractivity contribution in [2.75, 3.05) is 12.4 Å². The van der Waals surface area contributed by atoms with Crippen LogP contribution in [0.5, 0.6) is 5.75 Å². The lowest BCUT2D eigenvalue weighted by atomic mass is 10.1. The van der Waals surface area contributed by atoms with Crippen LogP contribution < -0.4 is 10.1 Å². The molecule has 2 rings (SSSR count). The Kier molecular flexibility index (Phi) is 5.09. The van der Waals surface area contributed by atoms with Gasteiger partial charge in [0.2, 0.25) is 0 Å². The van der Waals surface area contributed by atoms with Crippen LogP contribution in [0.2, 0.25) is 0 Å². The zero-order chi connectivity index (χ0) is 16.8. The summed E-state index contributed by atoms with van der Waals surface area (Å²) in [4.78, 5) is 22.8. The van der Waals surface area contributed by atoms with E-state index in [1.54, 1.807) is 19.1 Å². The molecule has 0 fully saturated rings. The van der Waals surface area contributed by atoms with Crippen LogP contribution in [0.3, 0.4) is 0 Å². The number of rotatable bonds is 5. The zero-order valence-electron chi connectivity index (χ0n) is 12.8. The summed E-state index contributed by atoms with van der Waals surface area (Å²) in [5.41, 5.74) is 1.23. The number of amides is 1. The van der Waals surface area contributed by atoms with Gasteiger partial charge in [-0.15, -0.1) is 0 Å². The summed E-state index contributed by atoms with van der Waals surface area (Å²) in [6.45, 7) is 1.65. The molecule has 118 valence electrons. The molecule has 2 aromatic carbocycles. The molecule has 0 unspecified atom stereocenters.